The van der Waals surface area contributed by atoms with Gasteiger partial charge in [-0.2, -0.15) is 0 Å². The number of hydrogen-bond donors (Lipinski definition) is 0. The lowest BCUT2D eigenvalue weighted by atomic mass is 10.4. The zero-order valence-corrected chi connectivity index (χ0v) is 11.2. The van der Waals surface area contributed by atoms with E-state index in [1.54, 1.807) is 6.07 Å². The van der Waals surface area contributed by atoms with E-state index >= 15 is 0 Å². The molecule has 0 saturated heterocycles. The van der Waals surface area contributed by atoms with Crippen molar-refractivity contribution in [3.05, 3.63) is 54.2 Å². The van der Waals surface area contributed by atoms with E-state index in [9.17, 15) is 4.39 Å². The Hall–Kier alpha value is -1.48. The van der Waals surface area contributed by atoms with Crippen molar-refractivity contribution in [2.45, 2.75) is 19.8 Å². The molecular weight excluding hydrogens is 229 g/mol. The van der Waals surface area contributed by atoms with Crippen LogP contribution in [-0.4, -0.2) is 13.1 Å². The van der Waals surface area contributed by atoms with Gasteiger partial charge >= 0.3 is 0 Å². The van der Waals surface area contributed by atoms with Crippen LogP contribution in [0.4, 0.5) is 4.39 Å². The van der Waals surface area contributed by atoms with Gasteiger partial charge in [0.25, 0.3) is 0 Å². The smallest absolute Gasteiger partial charge is 0.135 e. The lowest BCUT2D eigenvalue weighted by Crippen LogP contribution is -2.54. The van der Waals surface area contributed by atoms with Gasteiger partial charge in [-0.1, -0.05) is 54.7 Å². The fourth-order valence-corrected chi connectivity index (χ4v) is 4.16. The Labute approximate surface area is 102 Å². The highest BCUT2D eigenvalue weighted by atomic mass is 28.3. The number of alkyl halides is 1. The largest absolute Gasteiger partial charge is 0.259 e. The molecule has 17 heavy (non-hydrogen) atoms. The Morgan fingerprint density at radius 3 is 2.35 bits per heavy atom. The summed E-state index contributed by atoms with van der Waals surface area (Å²) in [5.41, 5.74) is 0.527. The first-order valence-electron chi connectivity index (χ1n) is 5.72. The average molecular weight is 245 g/mol. The summed E-state index contributed by atoms with van der Waals surface area (Å²) < 4.78 is 12.6. The van der Waals surface area contributed by atoms with Gasteiger partial charge in [0, 0.05) is 5.32 Å². The lowest BCUT2D eigenvalue weighted by Gasteiger charge is -2.22. The fourth-order valence-electron chi connectivity index (χ4n) is 1.90. The maximum atomic E-state index is 12.6. The van der Waals surface area contributed by atoms with Gasteiger partial charge in [0.15, 0.2) is 0 Å². The number of hydrogen-bond acceptors (Lipinski definition) is 1. The van der Waals surface area contributed by atoms with Gasteiger partial charge in [0.2, 0.25) is 0 Å². The normalized spacial score (nSPS) is 11.5. The van der Waals surface area contributed by atoms with E-state index in [-0.39, 0.29) is 0 Å². The Bertz CT molecular complexity index is 497. The monoisotopic (exact) mass is 245 g/mol. The second-order valence-corrected chi connectivity index (χ2v) is 8.98. The molecule has 3 heteroatoms. The Morgan fingerprint density at radius 2 is 1.71 bits per heavy atom. The molecule has 88 valence electrons. The van der Waals surface area contributed by atoms with Crippen molar-refractivity contribution in [1.82, 2.24) is 4.98 Å². The lowest BCUT2D eigenvalue weighted by molar-refractivity contribution is 0.476. The van der Waals surface area contributed by atoms with Crippen LogP contribution in [0.1, 0.15) is 5.69 Å². The molecule has 2 aromatic rings. The second kappa shape index (κ2) is 4.80. The van der Waals surface area contributed by atoms with Gasteiger partial charge in [-0.15, -0.1) is 0 Å². The molecule has 0 aliphatic rings. The van der Waals surface area contributed by atoms with Crippen LogP contribution in [0.5, 0.6) is 0 Å². The molecule has 0 atom stereocenters. The summed E-state index contributed by atoms with van der Waals surface area (Å²) in [5, 5.41) is 2.36. The minimum atomic E-state index is -1.78. The van der Waals surface area contributed by atoms with E-state index in [1.807, 2.05) is 30.3 Å². The molecule has 0 radical (unpaired) electrons. The molecule has 0 unspecified atom stereocenters. The quantitative estimate of drug-likeness (QED) is 0.757. The molecule has 0 spiro atoms. The highest BCUT2D eigenvalue weighted by molar-refractivity contribution is 6.99. The van der Waals surface area contributed by atoms with E-state index in [1.165, 1.54) is 5.19 Å². The van der Waals surface area contributed by atoms with Crippen molar-refractivity contribution in [3.8, 4) is 0 Å². The molecule has 1 aromatic heterocycles. The SMILES string of the molecule is C[Si](C)(c1ccccc1)c1cccc(CF)n1. The molecule has 0 aliphatic heterocycles. The summed E-state index contributed by atoms with van der Waals surface area (Å²) in [6, 6.07) is 16.0. The Kier molecular flexibility index (Phi) is 3.38. The highest BCUT2D eigenvalue weighted by Gasteiger charge is 2.27. The summed E-state index contributed by atoms with van der Waals surface area (Å²) >= 11 is 0. The van der Waals surface area contributed by atoms with Crippen LogP contribution < -0.4 is 10.5 Å². The van der Waals surface area contributed by atoms with Crippen LogP contribution in [0.3, 0.4) is 0 Å². The van der Waals surface area contributed by atoms with Crippen LogP contribution in [0, 0.1) is 0 Å². The van der Waals surface area contributed by atoms with E-state index in [4.69, 9.17) is 0 Å². The van der Waals surface area contributed by atoms with E-state index < -0.39 is 14.7 Å². The minimum Gasteiger partial charge on any atom is -0.259 e. The fraction of sp³-hybridized carbons (Fsp3) is 0.214. The zero-order chi connectivity index (χ0) is 12.3. The summed E-state index contributed by atoms with van der Waals surface area (Å²) in [5.74, 6) is 0. The number of rotatable bonds is 3. The molecule has 0 N–H and O–H groups in total. The summed E-state index contributed by atoms with van der Waals surface area (Å²) in [6.07, 6.45) is 0. The number of halogens is 1. The van der Waals surface area contributed by atoms with Crippen molar-refractivity contribution in [2.75, 3.05) is 0 Å². The third kappa shape index (κ3) is 2.44. The summed E-state index contributed by atoms with van der Waals surface area (Å²) in [7, 11) is -1.78. The molecule has 1 aromatic carbocycles. The number of benzene rings is 1. The van der Waals surface area contributed by atoms with Crippen molar-refractivity contribution < 1.29 is 4.39 Å². The Morgan fingerprint density at radius 1 is 1.00 bits per heavy atom. The standard InChI is InChI=1S/C14H16FNSi/c1-17(2,13-8-4-3-5-9-13)14-10-6-7-12(11-15)16-14/h3-10H,11H2,1-2H3. The molecule has 0 amide bonds. The molecule has 0 fully saturated rings. The van der Waals surface area contributed by atoms with E-state index in [0.29, 0.717) is 5.69 Å². The third-order valence-electron chi connectivity index (χ3n) is 3.08. The van der Waals surface area contributed by atoms with Gasteiger partial charge < -0.3 is 0 Å². The topological polar surface area (TPSA) is 12.9 Å². The second-order valence-electron chi connectivity index (χ2n) is 4.64. The predicted molar refractivity (Wildman–Crippen MR) is 72.2 cm³/mol. The number of aromatic nitrogens is 1. The van der Waals surface area contributed by atoms with Gasteiger partial charge in [0.1, 0.15) is 14.7 Å². The molecule has 1 heterocycles. The summed E-state index contributed by atoms with van der Waals surface area (Å²) in [4.78, 5) is 4.43. The number of pyridine rings is 1. The predicted octanol–water partition coefficient (Wildman–Crippen LogP) is 2.37. The first-order valence-corrected chi connectivity index (χ1v) is 8.72. The summed E-state index contributed by atoms with van der Waals surface area (Å²) in [6.45, 7) is 3.99. The Balaban J connectivity index is 2.44. The molecule has 1 nitrogen and oxygen atoms in total. The van der Waals surface area contributed by atoms with Gasteiger partial charge in [-0.3, -0.25) is 4.98 Å². The number of nitrogens with zero attached hydrogens (tertiary/aromatic N) is 1. The highest BCUT2D eigenvalue weighted by Crippen LogP contribution is 2.04. The van der Waals surface area contributed by atoms with Crippen LogP contribution >= 0.6 is 0 Å². The molecule has 0 saturated carbocycles. The van der Waals surface area contributed by atoms with Crippen LogP contribution in [-0.2, 0) is 6.67 Å². The first kappa shape index (κ1) is 12.0. The molecule has 2 rings (SSSR count). The van der Waals surface area contributed by atoms with Crippen molar-refractivity contribution in [2.24, 2.45) is 0 Å². The van der Waals surface area contributed by atoms with Crippen LogP contribution in [0.15, 0.2) is 48.5 Å². The minimum absolute atomic E-state index is 0.493. The average Bonchev–Trinajstić information content (AvgIpc) is 2.40. The van der Waals surface area contributed by atoms with Gasteiger partial charge in [-0.05, 0) is 12.1 Å². The van der Waals surface area contributed by atoms with Crippen molar-refractivity contribution in [3.63, 3.8) is 0 Å². The molecular formula is C14H16FNSi. The first-order chi connectivity index (χ1) is 8.14. The third-order valence-corrected chi connectivity index (χ3v) is 6.42. The van der Waals surface area contributed by atoms with E-state index in [0.717, 1.165) is 5.32 Å². The van der Waals surface area contributed by atoms with Gasteiger partial charge in [0.05, 0.1) is 5.69 Å². The maximum absolute atomic E-state index is 12.6. The van der Waals surface area contributed by atoms with Crippen LogP contribution in [0.25, 0.3) is 0 Å². The van der Waals surface area contributed by atoms with Crippen molar-refractivity contribution in [1.29, 1.82) is 0 Å². The van der Waals surface area contributed by atoms with Gasteiger partial charge in [-0.25, -0.2) is 4.39 Å². The van der Waals surface area contributed by atoms with Crippen LogP contribution in [0.2, 0.25) is 13.1 Å². The zero-order valence-electron chi connectivity index (χ0n) is 10.2. The van der Waals surface area contributed by atoms with E-state index in [2.05, 4.69) is 30.2 Å². The molecule has 0 bridgehead atoms. The maximum Gasteiger partial charge on any atom is 0.135 e. The molecule has 0 aliphatic carbocycles. The van der Waals surface area contributed by atoms with Crippen molar-refractivity contribution >= 4 is 18.6 Å².